The Kier molecular flexibility index (Phi) is 4.62. The van der Waals surface area contributed by atoms with Crippen molar-refractivity contribution in [2.75, 3.05) is 39.3 Å². The molecule has 0 bridgehead atoms. The van der Waals surface area contributed by atoms with E-state index < -0.39 is 0 Å². The van der Waals surface area contributed by atoms with Gasteiger partial charge in [-0.05, 0) is 50.4 Å². The maximum Gasteiger partial charge on any atom is 0.0644 e. The molecule has 2 fully saturated rings. The van der Waals surface area contributed by atoms with E-state index in [-0.39, 0.29) is 6.61 Å². The third kappa shape index (κ3) is 3.47. The number of nitrogens with one attached hydrogen (secondary N) is 1. The van der Waals surface area contributed by atoms with Gasteiger partial charge in [-0.15, -0.1) is 0 Å². The largest absolute Gasteiger partial charge is 0.394 e. The Hall–Kier alpha value is -0.910. The van der Waals surface area contributed by atoms with Crippen molar-refractivity contribution in [2.24, 2.45) is 5.41 Å². The van der Waals surface area contributed by atoms with Gasteiger partial charge in [-0.2, -0.15) is 5.10 Å². The van der Waals surface area contributed by atoms with Crippen molar-refractivity contribution in [1.82, 2.24) is 20.0 Å². The minimum Gasteiger partial charge on any atom is -0.394 e. The number of hydrogen-bond donors (Lipinski definition) is 2. The summed E-state index contributed by atoms with van der Waals surface area (Å²) in [5.74, 6) is 0.602. The molecule has 2 aliphatic heterocycles. The highest BCUT2D eigenvalue weighted by atomic mass is 16.3. The van der Waals surface area contributed by atoms with Gasteiger partial charge >= 0.3 is 0 Å². The topological polar surface area (TPSA) is 53.3 Å². The highest BCUT2D eigenvalue weighted by Gasteiger charge is 2.32. The summed E-state index contributed by atoms with van der Waals surface area (Å²) in [6.07, 6.45) is 5.58. The Morgan fingerprint density at radius 1 is 1.43 bits per heavy atom. The molecule has 0 spiro atoms. The van der Waals surface area contributed by atoms with E-state index in [1.165, 1.54) is 51.1 Å². The summed E-state index contributed by atoms with van der Waals surface area (Å²) >= 11 is 0. The molecule has 2 saturated heterocycles. The predicted molar refractivity (Wildman–Crippen MR) is 83.3 cm³/mol. The van der Waals surface area contributed by atoms with Crippen molar-refractivity contribution in [3.05, 3.63) is 18.0 Å². The molecule has 1 aromatic heterocycles. The molecule has 21 heavy (non-hydrogen) atoms. The number of hydrogen-bond acceptors (Lipinski definition) is 4. The summed E-state index contributed by atoms with van der Waals surface area (Å²) in [5.41, 5.74) is 1.77. The lowest BCUT2D eigenvalue weighted by Crippen LogP contribution is -2.41. The molecule has 3 rings (SSSR count). The van der Waals surface area contributed by atoms with E-state index in [1.807, 2.05) is 10.9 Å². The van der Waals surface area contributed by atoms with Crippen LogP contribution in [-0.2, 0) is 6.54 Å². The fourth-order valence-electron chi connectivity index (χ4n) is 3.90. The van der Waals surface area contributed by atoms with Crippen LogP contribution in [0.5, 0.6) is 0 Å². The summed E-state index contributed by atoms with van der Waals surface area (Å²) in [6, 6.07) is 2.12. The van der Waals surface area contributed by atoms with Crippen LogP contribution in [0.4, 0.5) is 0 Å². The van der Waals surface area contributed by atoms with Crippen LogP contribution in [0.1, 0.15) is 37.8 Å². The first-order chi connectivity index (χ1) is 10.2. The van der Waals surface area contributed by atoms with Crippen molar-refractivity contribution >= 4 is 0 Å². The number of aliphatic hydroxyl groups excluding tert-OH is 1. The van der Waals surface area contributed by atoms with Crippen molar-refractivity contribution in [3.63, 3.8) is 0 Å². The van der Waals surface area contributed by atoms with Gasteiger partial charge in [0.05, 0.1) is 13.2 Å². The van der Waals surface area contributed by atoms with E-state index in [0.29, 0.717) is 17.9 Å². The molecule has 1 unspecified atom stereocenters. The molecule has 118 valence electrons. The van der Waals surface area contributed by atoms with Gasteiger partial charge in [0.25, 0.3) is 0 Å². The average molecular weight is 292 g/mol. The van der Waals surface area contributed by atoms with Crippen LogP contribution < -0.4 is 5.32 Å². The first-order valence-corrected chi connectivity index (χ1v) is 8.26. The van der Waals surface area contributed by atoms with Gasteiger partial charge in [-0.1, -0.05) is 6.92 Å². The molecule has 0 saturated carbocycles. The monoisotopic (exact) mass is 292 g/mol. The molecule has 5 heteroatoms. The molecule has 1 aromatic rings. The van der Waals surface area contributed by atoms with Crippen LogP contribution in [0.15, 0.2) is 12.3 Å². The summed E-state index contributed by atoms with van der Waals surface area (Å²) < 4.78 is 1.97. The summed E-state index contributed by atoms with van der Waals surface area (Å²) in [4.78, 5) is 2.64. The molecule has 2 aliphatic rings. The standard InChI is InChI=1S/C16H28N4O/c1-16(5-7-17-12-16)13-19-8-3-14(4-9-19)15-2-6-18-20(15)10-11-21/h2,6,14,17,21H,3-5,7-13H2,1H3. The van der Waals surface area contributed by atoms with E-state index in [2.05, 4.69) is 28.3 Å². The molecule has 0 aromatic carbocycles. The van der Waals surface area contributed by atoms with E-state index in [4.69, 9.17) is 5.11 Å². The van der Waals surface area contributed by atoms with E-state index in [1.54, 1.807) is 0 Å². The van der Waals surface area contributed by atoms with Crippen molar-refractivity contribution in [3.8, 4) is 0 Å². The number of piperidine rings is 1. The lowest BCUT2D eigenvalue weighted by molar-refractivity contribution is 0.142. The summed E-state index contributed by atoms with van der Waals surface area (Å²) in [6.45, 7) is 9.13. The van der Waals surface area contributed by atoms with Gasteiger partial charge in [-0.25, -0.2) is 0 Å². The minimum absolute atomic E-state index is 0.166. The second-order valence-corrected chi connectivity index (χ2v) is 6.99. The van der Waals surface area contributed by atoms with Crippen molar-refractivity contribution < 1.29 is 5.11 Å². The minimum atomic E-state index is 0.166. The van der Waals surface area contributed by atoms with Gasteiger partial charge in [-0.3, -0.25) is 4.68 Å². The summed E-state index contributed by atoms with van der Waals surface area (Å²) in [5, 5.41) is 16.9. The fourth-order valence-corrected chi connectivity index (χ4v) is 3.90. The van der Waals surface area contributed by atoms with Gasteiger partial charge in [0.15, 0.2) is 0 Å². The zero-order valence-corrected chi connectivity index (χ0v) is 13.1. The second-order valence-electron chi connectivity index (χ2n) is 6.99. The highest BCUT2D eigenvalue weighted by Crippen LogP contribution is 2.31. The third-order valence-electron chi connectivity index (χ3n) is 5.13. The van der Waals surface area contributed by atoms with Crippen molar-refractivity contribution in [2.45, 2.75) is 38.6 Å². The zero-order valence-electron chi connectivity index (χ0n) is 13.1. The lowest BCUT2D eigenvalue weighted by atomic mass is 9.87. The molecule has 1 atom stereocenters. The summed E-state index contributed by atoms with van der Waals surface area (Å²) in [7, 11) is 0. The van der Waals surface area contributed by atoms with Crippen LogP contribution in [0.25, 0.3) is 0 Å². The Morgan fingerprint density at radius 3 is 2.90 bits per heavy atom. The Labute approximate surface area is 127 Å². The Morgan fingerprint density at radius 2 is 2.24 bits per heavy atom. The van der Waals surface area contributed by atoms with Gasteiger partial charge < -0.3 is 15.3 Å². The van der Waals surface area contributed by atoms with Gasteiger partial charge in [0.2, 0.25) is 0 Å². The first-order valence-electron chi connectivity index (χ1n) is 8.26. The Balaban J connectivity index is 1.54. The molecular weight excluding hydrogens is 264 g/mol. The van der Waals surface area contributed by atoms with Crippen LogP contribution in [0.3, 0.4) is 0 Å². The van der Waals surface area contributed by atoms with Crippen LogP contribution in [-0.4, -0.2) is 59.1 Å². The van der Waals surface area contributed by atoms with Crippen LogP contribution in [0.2, 0.25) is 0 Å². The number of aliphatic hydroxyl groups is 1. The number of aromatic nitrogens is 2. The first kappa shape index (κ1) is 15.0. The normalized spacial score (nSPS) is 28.3. The highest BCUT2D eigenvalue weighted by molar-refractivity contribution is 5.09. The smallest absolute Gasteiger partial charge is 0.0644 e. The molecule has 5 nitrogen and oxygen atoms in total. The average Bonchev–Trinajstić information content (AvgIpc) is 3.10. The molecule has 0 aliphatic carbocycles. The van der Waals surface area contributed by atoms with Gasteiger partial charge in [0.1, 0.15) is 0 Å². The number of likely N-dealkylation sites (tertiary alicyclic amines) is 1. The fraction of sp³-hybridized carbons (Fsp3) is 0.812. The zero-order chi connectivity index (χ0) is 14.7. The maximum atomic E-state index is 9.12. The van der Waals surface area contributed by atoms with Crippen LogP contribution >= 0.6 is 0 Å². The molecule has 3 heterocycles. The van der Waals surface area contributed by atoms with Gasteiger partial charge in [0, 0.05) is 30.9 Å². The molecule has 2 N–H and O–H groups in total. The SMILES string of the molecule is CC1(CN2CCC(c3ccnn3CCO)CC2)CCNC1. The quantitative estimate of drug-likeness (QED) is 0.852. The molecular formula is C16H28N4O. The second kappa shape index (κ2) is 6.46. The van der Waals surface area contributed by atoms with Crippen LogP contribution in [0, 0.1) is 5.41 Å². The molecule has 0 radical (unpaired) electrons. The van der Waals surface area contributed by atoms with E-state index in [9.17, 15) is 0 Å². The predicted octanol–water partition coefficient (Wildman–Crippen LogP) is 1.05. The number of rotatable bonds is 5. The Bertz CT molecular complexity index is 445. The van der Waals surface area contributed by atoms with E-state index >= 15 is 0 Å². The van der Waals surface area contributed by atoms with E-state index in [0.717, 1.165) is 6.54 Å². The number of nitrogens with zero attached hydrogens (tertiary/aromatic N) is 3. The lowest BCUT2D eigenvalue weighted by Gasteiger charge is -2.37. The van der Waals surface area contributed by atoms with Crippen molar-refractivity contribution in [1.29, 1.82) is 0 Å². The molecule has 0 amide bonds. The third-order valence-corrected chi connectivity index (χ3v) is 5.13. The maximum absolute atomic E-state index is 9.12.